The van der Waals surface area contributed by atoms with E-state index in [0.29, 0.717) is 31.9 Å². The van der Waals surface area contributed by atoms with E-state index in [9.17, 15) is 9.59 Å². The first-order chi connectivity index (χ1) is 13.7. The van der Waals surface area contributed by atoms with Crippen molar-refractivity contribution in [1.29, 1.82) is 0 Å². The SMILES string of the molecule is CC(=O)N1CCN(C(=O)CSc2nnc(-c3ccc(C(C)(C)C)cc3)n2C)CC1. The van der Waals surface area contributed by atoms with Gasteiger partial charge in [0, 0.05) is 45.7 Å². The molecule has 0 aliphatic carbocycles. The van der Waals surface area contributed by atoms with Gasteiger partial charge >= 0.3 is 0 Å². The van der Waals surface area contributed by atoms with Gasteiger partial charge in [-0.3, -0.25) is 9.59 Å². The summed E-state index contributed by atoms with van der Waals surface area (Å²) in [4.78, 5) is 27.5. The average Bonchev–Trinajstić information content (AvgIpc) is 3.06. The van der Waals surface area contributed by atoms with Crippen LogP contribution in [0.2, 0.25) is 0 Å². The second-order valence-corrected chi connectivity index (χ2v) is 9.31. The Labute approximate surface area is 176 Å². The van der Waals surface area contributed by atoms with Crippen LogP contribution in [0.5, 0.6) is 0 Å². The van der Waals surface area contributed by atoms with Crippen molar-refractivity contribution in [2.45, 2.75) is 38.3 Å². The molecule has 2 aromatic rings. The van der Waals surface area contributed by atoms with Crippen molar-refractivity contribution in [3.63, 3.8) is 0 Å². The van der Waals surface area contributed by atoms with Gasteiger partial charge in [0.15, 0.2) is 11.0 Å². The molecule has 1 saturated heterocycles. The molecule has 0 atom stereocenters. The minimum Gasteiger partial charge on any atom is -0.339 e. The fourth-order valence-electron chi connectivity index (χ4n) is 3.30. The monoisotopic (exact) mass is 415 g/mol. The minimum absolute atomic E-state index is 0.0635. The number of rotatable bonds is 4. The first kappa shape index (κ1) is 21.4. The number of nitrogens with zero attached hydrogens (tertiary/aromatic N) is 5. The highest BCUT2D eigenvalue weighted by Crippen LogP contribution is 2.27. The maximum Gasteiger partial charge on any atom is 0.233 e. The van der Waals surface area contributed by atoms with Crippen molar-refractivity contribution >= 4 is 23.6 Å². The molecule has 1 fully saturated rings. The van der Waals surface area contributed by atoms with Gasteiger partial charge in [-0.15, -0.1) is 10.2 Å². The zero-order valence-corrected chi connectivity index (χ0v) is 18.6. The highest BCUT2D eigenvalue weighted by molar-refractivity contribution is 7.99. The van der Waals surface area contributed by atoms with Crippen LogP contribution in [0, 0.1) is 0 Å². The van der Waals surface area contributed by atoms with Gasteiger partial charge in [0.25, 0.3) is 0 Å². The third kappa shape index (κ3) is 4.98. The Hall–Kier alpha value is -2.35. The molecule has 3 rings (SSSR count). The number of hydrogen-bond donors (Lipinski definition) is 0. The van der Waals surface area contributed by atoms with Gasteiger partial charge in [-0.25, -0.2) is 0 Å². The maximum absolute atomic E-state index is 12.5. The number of hydrogen-bond acceptors (Lipinski definition) is 5. The van der Waals surface area contributed by atoms with Crippen LogP contribution in [-0.4, -0.2) is 68.3 Å². The molecule has 1 aromatic carbocycles. The fraction of sp³-hybridized carbons (Fsp3) is 0.524. The Kier molecular flexibility index (Phi) is 6.31. The summed E-state index contributed by atoms with van der Waals surface area (Å²) in [6.45, 7) is 10.5. The number of carbonyl (C=O) groups excluding carboxylic acids is 2. The second-order valence-electron chi connectivity index (χ2n) is 8.37. The van der Waals surface area contributed by atoms with Gasteiger partial charge in [0.05, 0.1) is 5.75 Å². The molecule has 8 heteroatoms. The molecule has 0 saturated carbocycles. The normalized spacial score (nSPS) is 14.9. The van der Waals surface area contributed by atoms with E-state index in [1.165, 1.54) is 17.3 Å². The lowest BCUT2D eigenvalue weighted by atomic mass is 9.87. The quantitative estimate of drug-likeness (QED) is 0.718. The second kappa shape index (κ2) is 8.57. The maximum atomic E-state index is 12.5. The third-order valence-electron chi connectivity index (χ3n) is 5.25. The van der Waals surface area contributed by atoms with Gasteiger partial charge < -0.3 is 14.4 Å². The Morgan fingerprint density at radius 2 is 1.59 bits per heavy atom. The Morgan fingerprint density at radius 1 is 1.00 bits per heavy atom. The van der Waals surface area contributed by atoms with E-state index in [2.05, 4.69) is 55.2 Å². The minimum atomic E-state index is 0.0635. The summed E-state index contributed by atoms with van der Waals surface area (Å²) in [5.74, 6) is 1.23. The molecule has 1 aliphatic heterocycles. The van der Waals surface area contributed by atoms with E-state index in [4.69, 9.17) is 0 Å². The van der Waals surface area contributed by atoms with E-state index in [1.54, 1.807) is 11.8 Å². The van der Waals surface area contributed by atoms with Crippen LogP contribution in [0.1, 0.15) is 33.3 Å². The number of piperazine rings is 1. The predicted octanol–water partition coefficient (Wildman–Crippen LogP) is 2.56. The van der Waals surface area contributed by atoms with Crippen molar-refractivity contribution in [2.75, 3.05) is 31.9 Å². The summed E-state index contributed by atoms with van der Waals surface area (Å²) in [5.41, 5.74) is 2.38. The lowest BCUT2D eigenvalue weighted by Gasteiger charge is -2.34. The van der Waals surface area contributed by atoms with Crippen LogP contribution in [0.3, 0.4) is 0 Å². The molecule has 2 amide bonds. The summed E-state index contributed by atoms with van der Waals surface area (Å²) in [6.07, 6.45) is 0. The number of carbonyl (C=O) groups is 2. The predicted molar refractivity (Wildman–Crippen MR) is 115 cm³/mol. The first-order valence-corrected chi connectivity index (χ1v) is 10.8. The summed E-state index contributed by atoms with van der Waals surface area (Å²) < 4.78 is 1.93. The Balaban J connectivity index is 1.60. The molecular weight excluding hydrogens is 386 g/mol. The van der Waals surface area contributed by atoms with Crippen molar-refractivity contribution in [2.24, 2.45) is 7.05 Å². The van der Waals surface area contributed by atoms with Crippen molar-refractivity contribution in [3.8, 4) is 11.4 Å². The highest BCUT2D eigenvalue weighted by Gasteiger charge is 2.23. The number of benzene rings is 1. The number of aromatic nitrogens is 3. The molecule has 2 heterocycles. The Morgan fingerprint density at radius 3 is 2.14 bits per heavy atom. The fourth-order valence-corrected chi connectivity index (χ4v) is 4.11. The summed E-state index contributed by atoms with van der Waals surface area (Å²) in [6, 6.07) is 8.39. The molecule has 0 spiro atoms. The van der Waals surface area contributed by atoms with Crippen molar-refractivity contribution < 1.29 is 9.59 Å². The van der Waals surface area contributed by atoms with Crippen molar-refractivity contribution in [3.05, 3.63) is 29.8 Å². The zero-order valence-electron chi connectivity index (χ0n) is 17.8. The van der Waals surface area contributed by atoms with Gasteiger partial charge in [-0.1, -0.05) is 56.8 Å². The smallest absolute Gasteiger partial charge is 0.233 e. The van der Waals surface area contributed by atoms with Crippen LogP contribution in [-0.2, 0) is 22.1 Å². The van der Waals surface area contributed by atoms with Gasteiger partial charge in [-0.05, 0) is 11.0 Å². The Bertz CT molecular complexity index is 877. The van der Waals surface area contributed by atoms with Crippen LogP contribution in [0.15, 0.2) is 29.4 Å². The van der Waals surface area contributed by atoms with Gasteiger partial charge in [0.2, 0.25) is 11.8 Å². The number of thioether (sulfide) groups is 1. The lowest BCUT2D eigenvalue weighted by Crippen LogP contribution is -2.50. The van der Waals surface area contributed by atoms with Crippen LogP contribution < -0.4 is 0 Å². The van der Waals surface area contributed by atoms with E-state index in [-0.39, 0.29) is 17.2 Å². The molecule has 0 bridgehead atoms. The molecule has 0 radical (unpaired) electrons. The van der Waals surface area contributed by atoms with Crippen LogP contribution in [0.25, 0.3) is 11.4 Å². The molecular formula is C21H29N5O2S. The highest BCUT2D eigenvalue weighted by atomic mass is 32.2. The lowest BCUT2D eigenvalue weighted by molar-refractivity contribution is -0.136. The topological polar surface area (TPSA) is 71.3 Å². The molecule has 1 aromatic heterocycles. The van der Waals surface area contributed by atoms with E-state index in [1.807, 2.05) is 16.5 Å². The standard InChI is InChI=1S/C21H29N5O2S/c1-15(27)25-10-12-26(13-11-25)18(28)14-29-20-23-22-19(24(20)5)16-6-8-17(9-7-16)21(2,3)4/h6-9H,10-14H2,1-5H3. The molecule has 156 valence electrons. The van der Waals surface area contributed by atoms with E-state index >= 15 is 0 Å². The van der Waals surface area contributed by atoms with Gasteiger partial charge in [0.1, 0.15) is 0 Å². The number of amides is 2. The molecule has 0 N–H and O–H groups in total. The van der Waals surface area contributed by atoms with E-state index < -0.39 is 0 Å². The molecule has 7 nitrogen and oxygen atoms in total. The van der Waals surface area contributed by atoms with E-state index in [0.717, 1.165) is 16.5 Å². The summed E-state index contributed by atoms with van der Waals surface area (Å²) in [5, 5.41) is 9.31. The first-order valence-electron chi connectivity index (χ1n) is 9.83. The molecule has 1 aliphatic rings. The van der Waals surface area contributed by atoms with Crippen LogP contribution in [0.4, 0.5) is 0 Å². The van der Waals surface area contributed by atoms with Gasteiger partial charge in [-0.2, -0.15) is 0 Å². The molecule has 0 unspecified atom stereocenters. The zero-order chi connectivity index (χ0) is 21.2. The molecule has 29 heavy (non-hydrogen) atoms. The average molecular weight is 416 g/mol. The van der Waals surface area contributed by atoms with Crippen LogP contribution >= 0.6 is 11.8 Å². The summed E-state index contributed by atoms with van der Waals surface area (Å²) in [7, 11) is 1.92. The van der Waals surface area contributed by atoms with Crippen molar-refractivity contribution in [1.82, 2.24) is 24.6 Å². The largest absolute Gasteiger partial charge is 0.339 e. The third-order valence-corrected chi connectivity index (χ3v) is 6.25. The summed E-state index contributed by atoms with van der Waals surface area (Å²) >= 11 is 1.40.